The number of rotatable bonds is 5. The first-order chi connectivity index (χ1) is 12.4. The van der Waals surface area contributed by atoms with Crippen molar-refractivity contribution in [2.45, 2.75) is 11.8 Å². The zero-order chi connectivity index (χ0) is 18.7. The summed E-state index contributed by atoms with van der Waals surface area (Å²) < 4.78 is 33.1. The molecule has 140 valence electrons. The highest BCUT2D eigenvalue weighted by atomic mass is 32.2. The molecule has 0 saturated carbocycles. The molecule has 1 saturated heterocycles. The molecule has 2 aromatic rings. The summed E-state index contributed by atoms with van der Waals surface area (Å²) in [5, 5.41) is 3.87. The Morgan fingerprint density at radius 2 is 1.77 bits per heavy atom. The van der Waals surface area contributed by atoms with Gasteiger partial charge in [0.1, 0.15) is 5.69 Å². The van der Waals surface area contributed by atoms with Gasteiger partial charge in [0, 0.05) is 37.9 Å². The number of nitrogens with zero attached hydrogens (tertiary/aromatic N) is 3. The minimum absolute atomic E-state index is 0.170. The summed E-state index contributed by atoms with van der Waals surface area (Å²) in [4.78, 5) is 3.42. The van der Waals surface area contributed by atoms with Crippen LogP contribution < -0.4 is 9.80 Å². The van der Waals surface area contributed by atoms with Crippen molar-refractivity contribution in [2.24, 2.45) is 0 Å². The Morgan fingerprint density at radius 1 is 1.12 bits per heavy atom. The standard InChI is InChI=1S/C18H24N4O3S/c1-15-18(17(25-19-15)9-10-20(2)3)26(23,24)22-13-11-21(12-14-22)16-7-5-4-6-8-16/h4-10H,11-14H2,1-3H3/p+1. The summed E-state index contributed by atoms with van der Waals surface area (Å²) >= 11 is 0. The van der Waals surface area contributed by atoms with Gasteiger partial charge in [-0.3, -0.25) is 0 Å². The molecule has 1 aromatic carbocycles. The molecule has 0 spiro atoms. The lowest BCUT2D eigenvalue weighted by Crippen LogP contribution is -3.00. The molecule has 0 atom stereocenters. The van der Waals surface area contributed by atoms with Gasteiger partial charge in [-0.25, -0.2) is 8.42 Å². The predicted molar refractivity (Wildman–Crippen MR) is 100 cm³/mol. The largest absolute Gasteiger partial charge is 0.369 e. The van der Waals surface area contributed by atoms with Gasteiger partial charge < -0.3 is 14.3 Å². The van der Waals surface area contributed by atoms with E-state index in [2.05, 4.69) is 10.1 Å². The molecule has 0 aliphatic carbocycles. The van der Waals surface area contributed by atoms with Gasteiger partial charge >= 0.3 is 0 Å². The molecule has 1 aliphatic heterocycles. The van der Waals surface area contributed by atoms with Crippen LogP contribution in [0.25, 0.3) is 6.08 Å². The molecule has 0 unspecified atom stereocenters. The van der Waals surface area contributed by atoms with E-state index < -0.39 is 10.0 Å². The third kappa shape index (κ3) is 3.82. The predicted octanol–water partition coefficient (Wildman–Crippen LogP) is 0.609. The maximum Gasteiger partial charge on any atom is 0.248 e. The first-order valence-electron chi connectivity index (χ1n) is 8.64. The number of hydrogen-bond donors (Lipinski definition) is 1. The van der Waals surface area contributed by atoms with Crippen LogP contribution in [-0.4, -0.2) is 58.2 Å². The van der Waals surface area contributed by atoms with Gasteiger partial charge in [0.15, 0.2) is 10.7 Å². The van der Waals surface area contributed by atoms with Crippen molar-refractivity contribution in [3.8, 4) is 0 Å². The van der Waals surface area contributed by atoms with E-state index in [9.17, 15) is 8.42 Å². The van der Waals surface area contributed by atoms with Crippen LogP contribution in [0.1, 0.15) is 11.5 Å². The molecule has 26 heavy (non-hydrogen) atoms. The number of nitrogens with one attached hydrogen (secondary N) is 1. The monoisotopic (exact) mass is 377 g/mol. The quantitative estimate of drug-likeness (QED) is 0.827. The SMILES string of the molecule is Cc1noc(C=C[NH+](C)C)c1S(=O)(=O)N1CCN(c2ccccc2)CC1. The number of quaternary nitrogens is 1. The maximum atomic E-state index is 13.1. The van der Waals surface area contributed by atoms with Gasteiger partial charge in [0.05, 0.1) is 20.3 Å². The Balaban J connectivity index is 1.79. The lowest BCUT2D eigenvalue weighted by molar-refractivity contribution is -0.800. The summed E-state index contributed by atoms with van der Waals surface area (Å²) in [6.07, 6.45) is 3.49. The fraction of sp³-hybridized carbons (Fsp3) is 0.389. The van der Waals surface area contributed by atoms with Crippen LogP contribution >= 0.6 is 0 Å². The summed E-state index contributed by atoms with van der Waals surface area (Å²) in [6.45, 7) is 3.84. The molecule has 7 nitrogen and oxygen atoms in total. The van der Waals surface area contributed by atoms with Crippen molar-refractivity contribution in [1.82, 2.24) is 9.46 Å². The number of aryl methyl sites for hydroxylation is 1. The number of anilines is 1. The van der Waals surface area contributed by atoms with E-state index in [1.807, 2.05) is 50.6 Å². The minimum Gasteiger partial charge on any atom is -0.369 e. The number of aromatic nitrogens is 1. The second-order valence-corrected chi connectivity index (χ2v) is 8.47. The summed E-state index contributed by atoms with van der Waals surface area (Å²) in [5.74, 6) is 0.286. The molecule has 0 bridgehead atoms. The van der Waals surface area contributed by atoms with Crippen molar-refractivity contribution in [2.75, 3.05) is 45.2 Å². The molecule has 1 aromatic heterocycles. The Kier molecular flexibility index (Phi) is 5.45. The molecule has 8 heteroatoms. The van der Waals surface area contributed by atoms with E-state index in [4.69, 9.17) is 4.52 Å². The van der Waals surface area contributed by atoms with E-state index in [1.165, 1.54) is 4.31 Å². The Labute approximate surface area is 154 Å². The Morgan fingerprint density at radius 3 is 2.38 bits per heavy atom. The van der Waals surface area contributed by atoms with Crippen LogP contribution in [0.5, 0.6) is 0 Å². The summed E-state index contributed by atoms with van der Waals surface area (Å²) in [6, 6.07) is 10.0. The number of piperazine rings is 1. The van der Waals surface area contributed by atoms with E-state index >= 15 is 0 Å². The van der Waals surface area contributed by atoms with Crippen LogP contribution in [0.15, 0.2) is 46.0 Å². The lowest BCUT2D eigenvalue weighted by atomic mass is 10.2. The normalized spacial score (nSPS) is 16.7. The molecule has 2 heterocycles. The molecular formula is C18H25N4O3S+. The highest BCUT2D eigenvalue weighted by Gasteiger charge is 2.34. The van der Waals surface area contributed by atoms with Gasteiger partial charge in [0.2, 0.25) is 10.0 Å². The van der Waals surface area contributed by atoms with Gasteiger partial charge in [-0.2, -0.15) is 4.31 Å². The molecule has 0 radical (unpaired) electrons. The third-order valence-electron chi connectivity index (χ3n) is 4.36. The number of sulfonamides is 1. The zero-order valence-corrected chi connectivity index (χ0v) is 16.2. The zero-order valence-electron chi connectivity index (χ0n) is 15.3. The molecule has 1 fully saturated rings. The average Bonchev–Trinajstić information content (AvgIpc) is 3.02. The van der Waals surface area contributed by atoms with Gasteiger partial charge in [-0.15, -0.1) is 0 Å². The van der Waals surface area contributed by atoms with E-state index in [0.29, 0.717) is 31.9 Å². The van der Waals surface area contributed by atoms with Crippen LogP contribution in [0, 0.1) is 6.92 Å². The first kappa shape index (κ1) is 18.6. The third-order valence-corrected chi connectivity index (χ3v) is 6.42. The lowest BCUT2D eigenvalue weighted by Gasteiger charge is -2.35. The van der Waals surface area contributed by atoms with E-state index in [-0.39, 0.29) is 10.7 Å². The van der Waals surface area contributed by atoms with Crippen LogP contribution in [0.2, 0.25) is 0 Å². The van der Waals surface area contributed by atoms with Crippen LogP contribution in [-0.2, 0) is 10.0 Å². The number of benzene rings is 1. The van der Waals surface area contributed by atoms with Gasteiger partial charge in [-0.1, -0.05) is 23.4 Å². The van der Waals surface area contributed by atoms with Crippen molar-refractivity contribution >= 4 is 21.8 Å². The van der Waals surface area contributed by atoms with Crippen molar-refractivity contribution in [3.05, 3.63) is 48.0 Å². The fourth-order valence-corrected chi connectivity index (χ4v) is 4.67. The molecule has 3 rings (SSSR count). The summed E-state index contributed by atoms with van der Waals surface area (Å²) in [5.41, 5.74) is 1.51. The summed E-state index contributed by atoms with van der Waals surface area (Å²) in [7, 11) is 0.239. The van der Waals surface area contributed by atoms with Gasteiger partial charge in [-0.05, 0) is 19.1 Å². The van der Waals surface area contributed by atoms with E-state index in [1.54, 1.807) is 13.0 Å². The molecule has 1 aliphatic rings. The molecule has 0 amide bonds. The highest BCUT2D eigenvalue weighted by molar-refractivity contribution is 7.89. The number of para-hydroxylation sites is 1. The van der Waals surface area contributed by atoms with Crippen molar-refractivity contribution < 1.29 is 17.8 Å². The average molecular weight is 377 g/mol. The Hall–Kier alpha value is -2.16. The number of hydrogen-bond acceptors (Lipinski definition) is 5. The highest BCUT2D eigenvalue weighted by Crippen LogP contribution is 2.26. The van der Waals surface area contributed by atoms with E-state index in [0.717, 1.165) is 10.6 Å². The van der Waals surface area contributed by atoms with Crippen molar-refractivity contribution in [1.29, 1.82) is 0 Å². The van der Waals surface area contributed by atoms with Crippen LogP contribution in [0.4, 0.5) is 5.69 Å². The maximum absolute atomic E-state index is 13.1. The first-order valence-corrected chi connectivity index (χ1v) is 10.1. The fourth-order valence-electron chi connectivity index (χ4n) is 3.00. The minimum atomic E-state index is -3.64. The Bertz CT molecular complexity index is 867. The molecule has 1 N–H and O–H groups in total. The van der Waals surface area contributed by atoms with Gasteiger partial charge in [0.25, 0.3) is 0 Å². The van der Waals surface area contributed by atoms with Crippen LogP contribution in [0.3, 0.4) is 0 Å². The molecular weight excluding hydrogens is 352 g/mol. The van der Waals surface area contributed by atoms with Crippen molar-refractivity contribution in [3.63, 3.8) is 0 Å². The smallest absolute Gasteiger partial charge is 0.248 e. The topological polar surface area (TPSA) is 71.1 Å². The second-order valence-electron chi connectivity index (χ2n) is 6.60. The second kappa shape index (κ2) is 7.61.